The first-order chi connectivity index (χ1) is 33.3. The Labute approximate surface area is 397 Å². The first-order valence-corrected chi connectivity index (χ1v) is 22.7. The molecule has 6 aromatic rings. The monoisotopic (exact) mass is 914 g/mol. The van der Waals surface area contributed by atoms with Crippen molar-refractivity contribution in [2.45, 2.75) is 13.1 Å². The molecule has 6 N–H and O–H groups in total. The van der Waals surface area contributed by atoms with Gasteiger partial charge in [-0.2, -0.15) is 0 Å². The molecule has 2 aromatic heterocycles. The van der Waals surface area contributed by atoms with E-state index in [4.69, 9.17) is 4.74 Å². The van der Waals surface area contributed by atoms with Crippen LogP contribution in [0.4, 0.5) is 57.4 Å². The van der Waals surface area contributed by atoms with E-state index in [1.54, 1.807) is 7.11 Å². The molecule has 0 radical (unpaired) electrons. The predicted octanol–water partition coefficient (Wildman–Crippen LogP) is 7.18. The van der Waals surface area contributed by atoms with E-state index in [-0.39, 0.29) is 11.8 Å². The summed E-state index contributed by atoms with van der Waals surface area (Å²) in [4.78, 5) is 51.0. The smallest absolute Gasteiger partial charge is 0.247 e. The normalized spacial score (nSPS) is 14.1. The van der Waals surface area contributed by atoms with Gasteiger partial charge in [-0.15, -0.1) is 0 Å². The Bertz CT molecular complexity index is 2660. The van der Waals surface area contributed by atoms with E-state index in [1.165, 1.54) is 30.5 Å². The van der Waals surface area contributed by atoms with Gasteiger partial charge in [-0.05, 0) is 83.9 Å². The minimum Gasteiger partial charge on any atom is -0.494 e. The number of hydrogen-bond acceptors (Lipinski definition) is 15. The Hall–Kier alpha value is -8.02. The van der Waals surface area contributed by atoms with Crippen LogP contribution in [-0.4, -0.2) is 114 Å². The lowest BCUT2D eigenvalue weighted by Crippen LogP contribution is -2.51. The van der Waals surface area contributed by atoms with Crippen LogP contribution in [-0.2, 0) is 22.7 Å². The molecular weight excluding hydrogens is 857 g/mol. The van der Waals surface area contributed by atoms with Gasteiger partial charge in [-0.3, -0.25) is 19.4 Å². The van der Waals surface area contributed by atoms with Crippen molar-refractivity contribution in [1.82, 2.24) is 29.7 Å². The van der Waals surface area contributed by atoms with Crippen molar-refractivity contribution >= 4 is 69.2 Å². The average molecular weight is 915 g/mol. The van der Waals surface area contributed by atoms with Crippen molar-refractivity contribution in [1.29, 1.82) is 0 Å². The van der Waals surface area contributed by atoms with Crippen LogP contribution in [0, 0.1) is 0 Å². The van der Waals surface area contributed by atoms with Crippen LogP contribution in [0.15, 0.2) is 141 Å². The molecule has 8 rings (SSSR count). The molecule has 0 bridgehead atoms. The van der Waals surface area contributed by atoms with Crippen LogP contribution in [0.5, 0.6) is 5.75 Å². The fourth-order valence-electron chi connectivity index (χ4n) is 8.10. The quantitative estimate of drug-likeness (QED) is 0.0424. The van der Waals surface area contributed by atoms with Gasteiger partial charge in [0.25, 0.3) is 0 Å². The summed E-state index contributed by atoms with van der Waals surface area (Å²) in [6.45, 7) is 18.1. The Kier molecular flexibility index (Phi) is 15.7. The lowest BCUT2D eigenvalue weighted by Gasteiger charge is -2.39. The second kappa shape index (κ2) is 22.9. The zero-order chi connectivity index (χ0) is 47.1. The van der Waals surface area contributed by atoms with Crippen LogP contribution < -0.4 is 46.4 Å². The van der Waals surface area contributed by atoms with E-state index in [9.17, 15) is 9.59 Å². The minimum absolute atomic E-state index is 0.246. The summed E-state index contributed by atoms with van der Waals surface area (Å²) in [7, 11) is 1.69. The standard InChI is InChI=1S/C51H58N14O3/c1-4-50(66)59-40-10-6-8-37(28-40)33-52-46-31-48(56-35-54-46)58-39-12-14-42(15-13-39)64-24-20-62(21-25-64)18-19-63-22-26-65(27-23-63)43-16-17-44(45(30-43)68-3)61-49-32-47(55-36-57-49)53-34-38-9-7-11-41(29-38)60-51(67)5-2/h4-17,28-32,35-36H,1-2,18-27,33-34H2,3H3,(H,59,66)(H,60,67)(H2,52,54,56,58)(H2,53,55,57,61). The molecule has 350 valence electrons. The van der Waals surface area contributed by atoms with Gasteiger partial charge in [-0.25, -0.2) is 19.9 Å². The maximum absolute atomic E-state index is 11.7. The fourth-order valence-corrected chi connectivity index (χ4v) is 8.10. The van der Waals surface area contributed by atoms with Crippen LogP contribution in [0.25, 0.3) is 0 Å². The number of carbonyl (C=O) groups excluding carboxylic acids is 2. The van der Waals surface area contributed by atoms with Gasteiger partial charge in [0.1, 0.15) is 41.7 Å². The van der Waals surface area contributed by atoms with Crippen LogP contribution in [0.3, 0.4) is 0 Å². The molecule has 0 aliphatic carbocycles. The molecule has 0 unspecified atom stereocenters. The van der Waals surface area contributed by atoms with E-state index in [1.807, 2.05) is 66.7 Å². The van der Waals surface area contributed by atoms with Gasteiger partial charge < -0.3 is 46.4 Å². The summed E-state index contributed by atoms with van der Waals surface area (Å²) in [5, 5.41) is 19.1. The zero-order valence-electron chi connectivity index (χ0n) is 38.3. The average Bonchev–Trinajstić information content (AvgIpc) is 3.38. The molecule has 17 heteroatoms. The number of amides is 2. The summed E-state index contributed by atoms with van der Waals surface area (Å²) < 4.78 is 5.83. The number of piperazine rings is 2. The van der Waals surface area contributed by atoms with Crippen molar-refractivity contribution in [2.24, 2.45) is 0 Å². The molecule has 68 heavy (non-hydrogen) atoms. The summed E-state index contributed by atoms with van der Waals surface area (Å²) in [6, 6.07) is 33.8. The highest BCUT2D eigenvalue weighted by Gasteiger charge is 2.22. The molecule has 2 aliphatic rings. The molecule has 0 spiro atoms. The van der Waals surface area contributed by atoms with E-state index < -0.39 is 0 Å². The Balaban J connectivity index is 0.739. The molecule has 0 saturated carbocycles. The number of nitrogens with one attached hydrogen (secondary N) is 6. The highest BCUT2D eigenvalue weighted by atomic mass is 16.5. The van der Waals surface area contributed by atoms with Crippen molar-refractivity contribution in [2.75, 3.05) is 114 Å². The van der Waals surface area contributed by atoms with Gasteiger partial charge in [0, 0.05) is 125 Å². The molecule has 2 amide bonds. The van der Waals surface area contributed by atoms with Crippen molar-refractivity contribution in [3.63, 3.8) is 0 Å². The van der Waals surface area contributed by atoms with E-state index in [2.05, 4.69) is 121 Å². The third kappa shape index (κ3) is 13.1. The van der Waals surface area contributed by atoms with E-state index in [0.29, 0.717) is 47.7 Å². The third-order valence-corrected chi connectivity index (χ3v) is 11.8. The first-order valence-electron chi connectivity index (χ1n) is 22.7. The topological polar surface area (TPSA) is 180 Å². The zero-order valence-corrected chi connectivity index (χ0v) is 38.3. The molecule has 2 fully saturated rings. The number of carbonyl (C=O) groups is 2. The second-order valence-corrected chi connectivity index (χ2v) is 16.4. The summed E-state index contributed by atoms with van der Waals surface area (Å²) in [5.41, 5.74) is 7.52. The number of ether oxygens (including phenoxy) is 1. The summed E-state index contributed by atoms with van der Waals surface area (Å²) in [5.74, 6) is 2.92. The van der Waals surface area contributed by atoms with Gasteiger partial charge in [0.05, 0.1) is 12.8 Å². The molecule has 17 nitrogen and oxygen atoms in total. The maximum Gasteiger partial charge on any atom is 0.247 e. The van der Waals surface area contributed by atoms with Crippen LogP contribution >= 0.6 is 0 Å². The summed E-state index contributed by atoms with van der Waals surface area (Å²) >= 11 is 0. The first kappa shape index (κ1) is 46.5. The third-order valence-electron chi connectivity index (χ3n) is 11.8. The van der Waals surface area contributed by atoms with E-state index in [0.717, 1.165) is 99.4 Å². The maximum atomic E-state index is 11.7. The molecule has 4 aromatic carbocycles. The molecule has 0 atom stereocenters. The number of methoxy groups -OCH3 is 1. The van der Waals surface area contributed by atoms with E-state index >= 15 is 0 Å². The molecule has 2 aliphatic heterocycles. The van der Waals surface area contributed by atoms with Gasteiger partial charge in [0.15, 0.2) is 0 Å². The highest BCUT2D eigenvalue weighted by Crippen LogP contribution is 2.33. The van der Waals surface area contributed by atoms with Gasteiger partial charge >= 0.3 is 0 Å². The Morgan fingerprint density at radius 2 is 1.04 bits per heavy atom. The molecular formula is C51H58N14O3. The number of benzene rings is 4. The largest absolute Gasteiger partial charge is 0.494 e. The number of anilines is 10. The number of rotatable bonds is 20. The lowest BCUT2D eigenvalue weighted by molar-refractivity contribution is -0.112. The van der Waals surface area contributed by atoms with Gasteiger partial charge in [0.2, 0.25) is 11.8 Å². The lowest BCUT2D eigenvalue weighted by atomic mass is 10.2. The van der Waals surface area contributed by atoms with Crippen molar-refractivity contribution in [3.05, 3.63) is 152 Å². The number of nitrogens with zero attached hydrogens (tertiary/aromatic N) is 8. The highest BCUT2D eigenvalue weighted by molar-refractivity contribution is 5.99. The Morgan fingerprint density at radius 1 is 0.559 bits per heavy atom. The number of aromatic nitrogens is 4. The Morgan fingerprint density at radius 3 is 1.56 bits per heavy atom. The minimum atomic E-state index is -0.252. The van der Waals surface area contributed by atoms with Crippen LogP contribution in [0.1, 0.15) is 11.1 Å². The van der Waals surface area contributed by atoms with Crippen molar-refractivity contribution in [3.8, 4) is 5.75 Å². The molecule has 4 heterocycles. The van der Waals surface area contributed by atoms with Crippen molar-refractivity contribution < 1.29 is 14.3 Å². The fraction of sp³-hybridized carbons (Fsp3) is 0.255. The molecule has 2 saturated heterocycles. The number of hydrogen-bond donors (Lipinski definition) is 6. The predicted molar refractivity (Wildman–Crippen MR) is 273 cm³/mol. The van der Waals surface area contributed by atoms with Gasteiger partial charge in [-0.1, -0.05) is 37.4 Å². The second-order valence-electron chi connectivity index (χ2n) is 16.4. The summed E-state index contributed by atoms with van der Waals surface area (Å²) in [6.07, 6.45) is 5.55. The van der Waals surface area contributed by atoms with Crippen LogP contribution in [0.2, 0.25) is 0 Å². The SMILES string of the molecule is C=CC(=O)Nc1cccc(CNc2cc(Nc3ccc(N4CCN(CCN5CCN(c6ccc(Nc7cc(NCc8cccc(NC(=O)C=C)c8)ncn7)c(OC)c6)CC5)CC4)cc3)ncn2)c1.